The number of halogens is 1. The summed E-state index contributed by atoms with van der Waals surface area (Å²) >= 11 is 3.53. The van der Waals surface area contributed by atoms with E-state index in [1.165, 1.54) is 16.2 Å². The Morgan fingerprint density at radius 2 is 1.97 bits per heavy atom. The molecule has 1 saturated heterocycles. The van der Waals surface area contributed by atoms with Crippen molar-refractivity contribution in [3.8, 4) is 5.75 Å². The number of likely N-dealkylation sites (tertiary alicyclic amines) is 1. The molecule has 1 fully saturated rings. The zero-order valence-electron chi connectivity index (χ0n) is 16.0. The Labute approximate surface area is 190 Å². The Balaban J connectivity index is 1.80. The van der Waals surface area contributed by atoms with E-state index in [0.29, 0.717) is 27.4 Å². The molecule has 1 aliphatic rings. The van der Waals surface area contributed by atoms with Gasteiger partial charge in [-0.2, -0.15) is 0 Å². The van der Waals surface area contributed by atoms with Gasteiger partial charge in [0.2, 0.25) is 0 Å². The zero-order valence-corrected chi connectivity index (χ0v) is 19.0. The third kappa shape index (κ3) is 3.89. The number of aliphatic hydroxyl groups excluding tert-OH is 1. The fourth-order valence-corrected chi connectivity index (χ4v) is 4.55. The van der Waals surface area contributed by atoms with Crippen LogP contribution < -0.4 is 4.74 Å². The number of Topliss-reactive ketones (excluding diaryl/α,β-unsaturated/α-hetero) is 1. The topological polar surface area (TPSA) is 80.0 Å². The molecule has 30 heavy (non-hydrogen) atoms. The molecule has 0 saturated carbocycles. The van der Waals surface area contributed by atoms with Crippen LogP contribution in [-0.4, -0.2) is 28.3 Å². The molecular weight excluding hydrogens is 517 g/mol. The van der Waals surface area contributed by atoms with Crippen molar-refractivity contribution in [2.45, 2.75) is 19.5 Å². The molecule has 6 nitrogen and oxygen atoms in total. The highest BCUT2D eigenvalue weighted by atomic mass is 127. The van der Waals surface area contributed by atoms with Gasteiger partial charge < -0.3 is 19.2 Å². The number of carbonyl (C=O) groups is 2. The van der Waals surface area contributed by atoms with Crippen LogP contribution in [-0.2, 0) is 16.1 Å². The first-order valence-electron chi connectivity index (χ1n) is 9.29. The highest BCUT2D eigenvalue weighted by Gasteiger charge is 2.47. The van der Waals surface area contributed by atoms with Gasteiger partial charge in [0.25, 0.3) is 11.7 Å². The molecule has 0 spiro atoms. The lowest BCUT2D eigenvalue weighted by atomic mass is 9.99. The van der Waals surface area contributed by atoms with Crippen LogP contribution in [0.5, 0.6) is 5.75 Å². The van der Waals surface area contributed by atoms with Crippen LogP contribution in [0.15, 0.2) is 63.9 Å². The number of rotatable bonds is 6. The van der Waals surface area contributed by atoms with E-state index in [4.69, 9.17) is 9.15 Å². The lowest BCUT2D eigenvalue weighted by molar-refractivity contribution is -0.140. The lowest BCUT2D eigenvalue weighted by Crippen LogP contribution is -2.28. The quantitative estimate of drug-likeness (QED) is 0.209. The first-order valence-corrected chi connectivity index (χ1v) is 11.2. The average Bonchev–Trinajstić information content (AvgIpc) is 3.46. The van der Waals surface area contributed by atoms with Gasteiger partial charge in [-0.25, -0.2) is 0 Å². The second-order valence-electron chi connectivity index (χ2n) is 6.61. The SMILES string of the molecule is CCOc1ccc(/C(O)=C2\C(=O)C(=O)N(Cc3cccs3)C2c2ccc(I)o2)cc1. The third-order valence-electron chi connectivity index (χ3n) is 4.75. The molecule has 1 unspecified atom stereocenters. The van der Waals surface area contributed by atoms with Crippen LogP contribution >= 0.6 is 33.9 Å². The average molecular weight is 535 g/mol. The van der Waals surface area contributed by atoms with Gasteiger partial charge in [-0.15, -0.1) is 11.3 Å². The molecule has 3 aromatic rings. The van der Waals surface area contributed by atoms with Crippen LogP contribution in [0.3, 0.4) is 0 Å². The first kappa shape index (κ1) is 20.7. The third-order valence-corrected chi connectivity index (χ3v) is 6.19. The summed E-state index contributed by atoms with van der Waals surface area (Å²) in [7, 11) is 0. The zero-order chi connectivity index (χ0) is 21.3. The molecule has 0 aliphatic carbocycles. The highest BCUT2D eigenvalue weighted by molar-refractivity contribution is 14.1. The minimum atomic E-state index is -0.804. The molecule has 3 heterocycles. The van der Waals surface area contributed by atoms with Gasteiger partial charge in [0.1, 0.15) is 23.3 Å². The largest absolute Gasteiger partial charge is 0.507 e. The maximum atomic E-state index is 12.9. The number of furan rings is 1. The minimum Gasteiger partial charge on any atom is -0.507 e. The summed E-state index contributed by atoms with van der Waals surface area (Å²) in [6.45, 7) is 2.66. The molecular formula is C22H18INO5S. The number of ether oxygens (including phenoxy) is 1. The maximum absolute atomic E-state index is 12.9. The van der Waals surface area contributed by atoms with Crippen LogP contribution in [0.4, 0.5) is 0 Å². The van der Waals surface area contributed by atoms with Crippen LogP contribution in [0.25, 0.3) is 5.76 Å². The Kier molecular flexibility index (Phi) is 5.96. The van der Waals surface area contributed by atoms with Crippen molar-refractivity contribution in [3.63, 3.8) is 0 Å². The molecule has 1 N–H and O–H groups in total. The van der Waals surface area contributed by atoms with Crippen molar-refractivity contribution in [1.82, 2.24) is 4.90 Å². The van der Waals surface area contributed by atoms with E-state index < -0.39 is 17.7 Å². The van der Waals surface area contributed by atoms with E-state index in [9.17, 15) is 14.7 Å². The Morgan fingerprint density at radius 3 is 2.57 bits per heavy atom. The predicted molar refractivity (Wildman–Crippen MR) is 121 cm³/mol. The van der Waals surface area contributed by atoms with Crippen LogP contribution in [0, 0.1) is 3.77 Å². The summed E-state index contributed by atoms with van der Waals surface area (Å²) in [5.41, 5.74) is 0.449. The summed E-state index contributed by atoms with van der Waals surface area (Å²) < 4.78 is 11.8. The maximum Gasteiger partial charge on any atom is 0.296 e. The van der Waals surface area contributed by atoms with Crippen molar-refractivity contribution in [2.24, 2.45) is 0 Å². The van der Waals surface area contributed by atoms with Gasteiger partial charge in [-0.1, -0.05) is 6.07 Å². The highest BCUT2D eigenvalue weighted by Crippen LogP contribution is 2.41. The normalized spacial score (nSPS) is 18.2. The van der Waals surface area contributed by atoms with E-state index in [1.54, 1.807) is 36.4 Å². The standard InChI is InChI=1S/C22H18INO5S/c1-2-28-14-7-5-13(6-8-14)20(25)18-19(16-9-10-17(23)29-16)24(22(27)21(18)26)12-15-4-3-11-30-15/h3-11,19,25H,2,12H2,1H3/b20-18+. The monoisotopic (exact) mass is 535 g/mol. The molecule has 8 heteroatoms. The summed E-state index contributed by atoms with van der Waals surface area (Å²) in [6, 6.07) is 13.2. The van der Waals surface area contributed by atoms with Gasteiger partial charge >= 0.3 is 0 Å². The molecule has 154 valence electrons. The van der Waals surface area contributed by atoms with Crippen molar-refractivity contribution in [1.29, 1.82) is 0 Å². The number of nitrogens with zero attached hydrogens (tertiary/aromatic N) is 1. The first-order chi connectivity index (χ1) is 14.5. The van der Waals surface area contributed by atoms with E-state index in [0.717, 1.165) is 4.88 Å². The summed E-state index contributed by atoms with van der Waals surface area (Å²) in [6.07, 6.45) is 0. The number of carbonyl (C=O) groups excluding carboxylic acids is 2. The Bertz CT molecular complexity index is 1100. The number of ketones is 1. The molecule has 1 aliphatic heterocycles. The summed E-state index contributed by atoms with van der Waals surface area (Å²) in [5, 5.41) is 12.9. The van der Waals surface area contributed by atoms with Crippen molar-refractivity contribution >= 4 is 51.4 Å². The predicted octanol–water partition coefficient (Wildman–Crippen LogP) is 4.97. The van der Waals surface area contributed by atoms with E-state index in [2.05, 4.69) is 0 Å². The molecule has 1 atom stereocenters. The molecule has 0 bridgehead atoms. The fraction of sp³-hybridized carbons (Fsp3) is 0.182. The van der Waals surface area contributed by atoms with Crippen LogP contribution in [0.2, 0.25) is 0 Å². The van der Waals surface area contributed by atoms with E-state index >= 15 is 0 Å². The minimum absolute atomic E-state index is 0.0199. The van der Waals surface area contributed by atoms with Crippen molar-refractivity contribution in [3.05, 3.63) is 79.5 Å². The second-order valence-corrected chi connectivity index (χ2v) is 8.70. The van der Waals surface area contributed by atoms with Crippen molar-refractivity contribution < 1.29 is 23.8 Å². The fourth-order valence-electron chi connectivity index (χ4n) is 3.42. The Morgan fingerprint density at radius 1 is 1.20 bits per heavy atom. The lowest BCUT2D eigenvalue weighted by Gasteiger charge is -2.22. The molecule has 2 aromatic heterocycles. The number of amides is 1. The number of thiophene rings is 1. The van der Waals surface area contributed by atoms with Crippen LogP contribution in [0.1, 0.15) is 29.2 Å². The summed E-state index contributed by atoms with van der Waals surface area (Å²) in [4.78, 5) is 28.2. The number of benzene rings is 1. The second kappa shape index (κ2) is 8.65. The van der Waals surface area contributed by atoms with Gasteiger partial charge in [0, 0.05) is 10.4 Å². The van der Waals surface area contributed by atoms with Crippen molar-refractivity contribution in [2.75, 3.05) is 6.61 Å². The number of hydrogen-bond acceptors (Lipinski definition) is 6. The van der Waals surface area contributed by atoms with E-state index in [-0.39, 0.29) is 17.9 Å². The molecule has 1 amide bonds. The summed E-state index contributed by atoms with van der Waals surface area (Å²) in [5.74, 6) is -0.532. The molecule has 1 aromatic carbocycles. The van der Waals surface area contributed by atoms with Gasteiger partial charge in [0.15, 0.2) is 3.77 Å². The molecule has 4 rings (SSSR count). The van der Waals surface area contributed by atoms with Gasteiger partial charge in [0.05, 0.1) is 18.7 Å². The van der Waals surface area contributed by atoms with Gasteiger partial charge in [-0.3, -0.25) is 9.59 Å². The van der Waals surface area contributed by atoms with E-state index in [1.807, 2.05) is 47.0 Å². The van der Waals surface area contributed by atoms with Gasteiger partial charge in [-0.05, 0) is 77.4 Å². The Hall–Kier alpha value is -2.59. The smallest absolute Gasteiger partial charge is 0.296 e. The molecule has 0 radical (unpaired) electrons. The number of aliphatic hydroxyl groups is 1. The number of hydrogen-bond donors (Lipinski definition) is 1.